The van der Waals surface area contributed by atoms with E-state index in [1.165, 1.54) is 18.1 Å². The minimum atomic E-state index is -0.997. The summed E-state index contributed by atoms with van der Waals surface area (Å²) in [7, 11) is 1.28. The Balaban J connectivity index is 2.18. The van der Waals surface area contributed by atoms with Gasteiger partial charge in [0, 0.05) is 37.3 Å². The normalized spacial score (nSPS) is 18.4. The first-order chi connectivity index (χ1) is 17.8. The molecule has 2 atom stereocenters. The number of pyridine rings is 1. The Morgan fingerprint density at radius 3 is 2.45 bits per heavy atom. The van der Waals surface area contributed by atoms with Crippen LogP contribution in [0.3, 0.4) is 0 Å². The number of carboxylic acid groups (broad SMARTS) is 1. The first-order valence-corrected chi connectivity index (χ1v) is 12.8. The van der Waals surface area contributed by atoms with E-state index in [1.54, 1.807) is 24.3 Å². The van der Waals surface area contributed by atoms with Crippen molar-refractivity contribution < 1.29 is 23.8 Å². The molecule has 1 saturated heterocycles. The first-order valence-electron chi connectivity index (χ1n) is 12.4. The highest BCUT2D eigenvalue weighted by Gasteiger charge is 2.35. The van der Waals surface area contributed by atoms with Gasteiger partial charge >= 0.3 is 12.1 Å². The number of rotatable bonds is 6. The Hall–Kier alpha value is -3.40. The van der Waals surface area contributed by atoms with Crippen LogP contribution in [0.5, 0.6) is 0 Å². The number of piperazine rings is 1. The molecule has 0 spiro atoms. The van der Waals surface area contributed by atoms with E-state index >= 15 is 0 Å². The van der Waals surface area contributed by atoms with E-state index in [2.05, 4.69) is 31.1 Å². The van der Waals surface area contributed by atoms with Crippen LogP contribution in [0.1, 0.15) is 40.2 Å². The molecule has 1 fully saturated rings. The summed E-state index contributed by atoms with van der Waals surface area (Å²) in [5.41, 5.74) is 0.933. The Labute approximate surface area is 227 Å². The van der Waals surface area contributed by atoms with Crippen LogP contribution >= 0.6 is 11.6 Å². The summed E-state index contributed by atoms with van der Waals surface area (Å²) in [4.78, 5) is 36.5. The van der Waals surface area contributed by atoms with Gasteiger partial charge < -0.3 is 25.0 Å². The molecule has 11 heteroatoms. The highest BCUT2D eigenvalue weighted by atomic mass is 35.5. The Morgan fingerprint density at radius 2 is 1.84 bits per heavy atom. The maximum Gasteiger partial charge on any atom is 0.407 e. The summed E-state index contributed by atoms with van der Waals surface area (Å²) < 4.78 is 19.5. The molecule has 2 N–H and O–H groups in total. The summed E-state index contributed by atoms with van der Waals surface area (Å²) in [6, 6.07) is 7.32. The average Bonchev–Trinajstić information content (AvgIpc) is 2.84. The molecule has 2 heterocycles. The molecule has 9 nitrogen and oxygen atoms in total. The highest BCUT2D eigenvalue weighted by molar-refractivity contribution is 6.33. The van der Waals surface area contributed by atoms with Crippen LogP contribution in [0.4, 0.5) is 15.0 Å². The van der Waals surface area contributed by atoms with Crippen molar-refractivity contribution in [2.45, 2.75) is 46.7 Å². The molecule has 0 aliphatic carbocycles. The molecule has 2 aromatic rings. The second-order valence-electron chi connectivity index (χ2n) is 10.6. The van der Waals surface area contributed by atoms with Gasteiger partial charge in [0.25, 0.3) is 0 Å². The number of anilines is 1. The third-order valence-corrected chi connectivity index (χ3v) is 6.51. The van der Waals surface area contributed by atoms with Gasteiger partial charge in [0.15, 0.2) is 0 Å². The van der Waals surface area contributed by atoms with Crippen LogP contribution in [-0.4, -0.2) is 83.2 Å². The number of aromatic nitrogens is 1. The van der Waals surface area contributed by atoms with Gasteiger partial charge in [-0.15, -0.1) is 0 Å². The minimum Gasteiger partial charge on any atom is -0.468 e. The zero-order valence-corrected chi connectivity index (χ0v) is 23.3. The monoisotopic (exact) mass is 547 g/mol. The van der Waals surface area contributed by atoms with E-state index in [1.807, 2.05) is 18.7 Å². The number of ether oxygens (including phenoxy) is 1. The van der Waals surface area contributed by atoms with Gasteiger partial charge in [0.1, 0.15) is 24.0 Å². The predicted octanol–water partition coefficient (Wildman–Crippen LogP) is 4.99. The van der Waals surface area contributed by atoms with Gasteiger partial charge in [-0.2, -0.15) is 0 Å². The van der Waals surface area contributed by atoms with E-state index < -0.39 is 17.9 Å². The fraction of sp³-hybridized carbons (Fsp3) is 0.481. The molecule has 0 saturated carbocycles. The number of hydrogen-bond acceptors (Lipinski definition) is 6. The number of carbonyl (C=O) groups is 2. The number of nitrogens with zero attached hydrogens (tertiary/aromatic N) is 4. The molecule has 0 bridgehead atoms. The van der Waals surface area contributed by atoms with Gasteiger partial charge in [-0.1, -0.05) is 44.5 Å². The number of esters is 1. The standard InChI is InChI=1S/C27H35ClFN5O4/c1-16-14-34(26(36)37)17(2)13-33(16)25(30-12-22(35)38-6)19-11-20(28)23(18-9-7-8-10-21(18)29)32-24(19)31-15-27(3,4)5/h7-11,16-17H,12-15H2,1-6H3,(H,31,32)(H,36,37)/b30-25+/t16-,17+/m0/s1. The number of amidine groups is 1. The van der Waals surface area contributed by atoms with Gasteiger partial charge in [-0.3, -0.25) is 9.79 Å². The lowest BCUT2D eigenvalue weighted by Crippen LogP contribution is -2.59. The lowest BCUT2D eigenvalue weighted by atomic mass is 9.97. The van der Waals surface area contributed by atoms with Gasteiger partial charge in [-0.05, 0) is 37.5 Å². The van der Waals surface area contributed by atoms with Crippen LogP contribution in [0.2, 0.25) is 5.02 Å². The lowest BCUT2D eigenvalue weighted by Gasteiger charge is -2.44. The SMILES string of the molecule is COC(=O)C/N=C(\c1cc(Cl)c(-c2ccccc2F)nc1NCC(C)(C)C)N1C[C@@H](C)N(C(=O)O)C[C@@H]1C. The molecule has 3 rings (SSSR count). The number of amides is 1. The van der Waals surface area contributed by atoms with Crippen molar-refractivity contribution in [1.82, 2.24) is 14.8 Å². The number of carbonyl (C=O) groups excluding carboxylic acids is 1. The number of hydrogen-bond donors (Lipinski definition) is 2. The molecule has 1 aromatic heterocycles. The van der Waals surface area contributed by atoms with Gasteiger partial charge in [0.05, 0.1) is 23.4 Å². The third kappa shape index (κ3) is 6.92. The molecule has 206 valence electrons. The number of aliphatic imine (C=N–C) groups is 1. The molecule has 0 unspecified atom stereocenters. The summed E-state index contributed by atoms with van der Waals surface area (Å²) in [6.45, 7) is 10.8. The molecule has 1 aromatic carbocycles. The van der Waals surface area contributed by atoms with Crippen molar-refractivity contribution in [2.24, 2.45) is 10.4 Å². The van der Waals surface area contributed by atoms with Crippen LogP contribution in [-0.2, 0) is 9.53 Å². The number of nitrogens with one attached hydrogen (secondary N) is 1. The summed E-state index contributed by atoms with van der Waals surface area (Å²) in [6.07, 6.45) is -0.997. The maximum absolute atomic E-state index is 14.7. The maximum atomic E-state index is 14.7. The van der Waals surface area contributed by atoms with E-state index in [0.29, 0.717) is 30.3 Å². The molecule has 38 heavy (non-hydrogen) atoms. The minimum absolute atomic E-state index is 0.116. The summed E-state index contributed by atoms with van der Waals surface area (Å²) in [5, 5.41) is 13.2. The van der Waals surface area contributed by atoms with Gasteiger partial charge in [0.2, 0.25) is 0 Å². The van der Waals surface area contributed by atoms with Crippen molar-refractivity contribution in [3.63, 3.8) is 0 Å². The van der Waals surface area contributed by atoms with Crippen molar-refractivity contribution in [3.8, 4) is 11.3 Å². The lowest BCUT2D eigenvalue weighted by molar-refractivity contribution is -0.138. The van der Waals surface area contributed by atoms with Gasteiger partial charge in [-0.25, -0.2) is 14.2 Å². The predicted molar refractivity (Wildman–Crippen MR) is 146 cm³/mol. The quantitative estimate of drug-likeness (QED) is 0.298. The Bertz CT molecular complexity index is 1220. The van der Waals surface area contributed by atoms with E-state index in [-0.39, 0.29) is 46.9 Å². The second-order valence-corrected chi connectivity index (χ2v) is 11.0. The molecule has 0 radical (unpaired) electrons. The van der Waals surface area contributed by atoms with E-state index in [0.717, 1.165) is 0 Å². The van der Waals surface area contributed by atoms with Crippen LogP contribution in [0, 0.1) is 11.2 Å². The molecule has 1 aliphatic rings. The van der Waals surface area contributed by atoms with Crippen LogP contribution in [0.25, 0.3) is 11.3 Å². The summed E-state index contributed by atoms with van der Waals surface area (Å²) in [5.74, 6) is -0.140. The zero-order valence-electron chi connectivity index (χ0n) is 22.6. The zero-order chi connectivity index (χ0) is 28.2. The average molecular weight is 548 g/mol. The summed E-state index contributed by atoms with van der Waals surface area (Å²) >= 11 is 6.69. The largest absolute Gasteiger partial charge is 0.468 e. The molecule has 1 amide bonds. The van der Waals surface area contributed by atoms with Crippen LogP contribution in [0.15, 0.2) is 35.3 Å². The number of methoxy groups -OCH3 is 1. The van der Waals surface area contributed by atoms with Crippen LogP contribution < -0.4 is 5.32 Å². The third-order valence-electron chi connectivity index (χ3n) is 6.22. The Kier molecular flexibility index (Phi) is 9.19. The van der Waals surface area contributed by atoms with E-state index in [9.17, 15) is 19.1 Å². The highest BCUT2D eigenvalue weighted by Crippen LogP contribution is 2.33. The fourth-order valence-electron chi connectivity index (χ4n) is 4.21. The molecule has 1 aliphatic heterocycles. The Morgan fingerprint density at radius 1 is 1.21 bits per heavy atom. The molecular weight excluding hydrogens is 513 g/mol. The van der Waals surface area contributed by atoms with Crippen molar-refractivity contribution in [2.75, 3.05) is 38.6 Å². The fourth-order valence-corrected chi connectivity index (χ4v) is 4.46. The van der Waals surface area contributed by atoms with Crippen molar-refractivity contribution in [1.29, 1.82) is 0 Å². The van der Waals surface area contributed by atoms with Crippen molar-refractivity contribution in [3.05, 3.63) is 46.7 Å². The second kappa shape index (κ2) is 12.0. The molecular formula is C27H35ClFN5O4. The number of benzene rings is 1. The number of halogens is 2. The first kappa shape index (κ1) is 29.2. The van der Waals surface area contributed by atoms with E-state index in [4.69, 9.17) is 21.3 Å². The van der Waals surface area contributed by atoms with Crippen molar-refractivity contribution >= 4 is 35.3 Å². The topological polar surface area (TPSA) is 107 Å². The smallest absolute Gasteiger partial charge is 0.407 e.